The Bertz CT molecular complexity index is 889. The monoisotopic (exact) mass is 390 g/mol. The fourth-order valence-electron chi connectivity index (χ4n) is 2.96. The van der Waals surface area contributed by atoms with Crippen LogP contribution in [0.1, 0.15) is 0 Å². The number of H-pyrrole nitrogens is 1. The summed E-state index contributed by atoms with van der Waals surface area (Å²) in [4.78, 5) is 18.2. The van der Waals surface area contributed by atoms with Crippen molar-refractivity contribution in [2.75, 3.05) is 49.6 Å². The lowest BCUT2D eigenvalue weighted by molar-refractivity contribution is 0.0856. The molecule has 9 heteroatoms. The van der Waals surface area contributed by atoms with E-state index in [4.69, 9.17) is 10.5 Å². The number of nitrogens with two attached hydrogens (primary N) is 1. The molecule has 1 aliphatic rings. The highest BCUT2D eigenvalue weighted by atomic mass is 32.2. The van der Waals surface area contributed by atoms with Crippen LogP contribution in [0, 0.1) is 0 Å². The van der Waals surface area contributed by atoms with E-state index < -0.39 is 6.67 Å². The first-order valence-electron chi connectivity index (χ1n) is 8.55. The Morgan fingerprint density at radius 2 is 2.19 bits per heavy atom. The molecule has 1 unspecified atom stereocenters. The van der Waals surface area contributed by atoms with Crippen molar-refractivity contribution >= 4 is 34.4 Å². The number of aromatic nitrogens is 4. The van der Waals surface area contributed by atoms with Gasteiger partial charge in [-0.3, -0.25) is 0 Å². The van der Waals surface area contributed by atoms with Gasteiger partial charge in [0.1, 0.15) is 24.0 Å². The van der Waals surface area contributed by atoms with Crippen LogP contribution in [-0.4, -0.2) is 64.9 Å². The fourth-order valence-corrected chi connectivity index (χ4v) is 2.96. The van der Waals surface area contributed by atoms with E-state index in [0.29, 0.717) is 37.2 Å². The van der Waals surface area contributed by atoms with Gasteiger partial charge in [-0.05, 0) is 24.6 Å². The lowest BCUT2D eigenvalue weighted by Crippen LogP contribution is -2.47. The van der Waals surface area contributed by atoms with E-state index in [2.05, 4.69) is 19.9 Å². The molecular weight excluding hydrogens is 367 g/mol. The molecule has 144 valence electrons. The molecule has 1 aliphatic heterocycles. The summed E-state index contributed by atoms with van der Waals surface area (Å²) in [6, 6.07) is 5.09. The summed E-state index contributed by atoms with van der Waals surface area (Å²) in [6.07, 6.45) is 7.59. The van der Waals surface area contributed by atoms with Crippen LogP contribution < -0.4 is 10.6 Å². The second-order valence-electron chi connectivity index (χ2n) is 6.06. The van der Waals surface area contributed by atoms with E-state index in [0.717, 1.165) is 16.6 Å². The molecule has 7 nitrogen and oxygen atoms in total. The van der Waals surface area contributed by atoms with Gasteiger partial charge in [0, 0.05) is 36.0 Å². The molecule has 27 heavy (non-hydrogen) atoms. The number of nitrogen functional groups attached to an aromatic ring is 1. The van der Waals surface area contributed by atoms with E-state index in [9.17, 15) is 4.39 Å². The number of hydrogen-bond donors (Lipinski definition) is 2. The SMILES string of the molecule is CSC.Nc1cc(N2CCOCC2CF)nc(-c2ccnc3[nH]ccc23)n1. The van der Waals surface area contributed by atoms with Gasteiger partial charge in [-0.2, -0.15) is 11.8 Å². The molecule has 0 aliphatic carbocycles. The van der Waals surface area contributed by atoms with Gasteiger partial charge < -0.3 is 20.4 Å². The molecule has 3 aromatic heterocycles. The quantitative estimate of drug-likeness (QED) is 0.710. The van der Waals surface area contributed by atoms with Crippen molar-refractivity contribution in [3.05, 3.63) is 30.6 Å². The molecule has 0 saturated carbocycles. The Morgan fingerprint density at radius 3 is 2.96 bits per heavy atom. The molecule has 3 aromatic rings. The van der Waals surface area contributed by atoms with Crippen molar-refractivity contribution in [2.45, 2.75) is 6.04 Å². The summed E-state index contributed by atoms with van der Waals surface area (Å²) >= 11 is 1.75. The third kappa shape index (κ3) is 4.30. The zero-order valence-electron chi connectivity index (χ0n) is 15.4. The van der Waals surface area contributed by atoms with Crippen molar-refractivity contribution in [1.29, 1.82) is 0 Å². The number of ether oxygens (including phenoxy) is 1. The minimum absolute atomic E-state index is 0.340. The number of aromatic amines is 1. The lowest BCUT2D eigenvalue weighted by atomic mass is 10.1. The Morgan fingerprint density at radius 1 is 1.37 bits per heavy atom. The summed E-state index contributed by atoms with van der Waals surface area (Å²) in [5, 5.41) is 0.915. The first kappa shape index (κ1) is 19.4. The molecule has 0 spiro atoms. The van der Waals surface area contributed by atoms with Crippen LogP contribution in [0.4, 0.5) is 16.0 Å². The first-order valence-corrected chi connectivity index (χ1v) is 10.2. The normalized spacial score (nSPS) is 16.9. The van der Waals surface area contributed by atoms with E-state index >= 15 is 0 Å². The van der Waals surface area contributed by atoms with Crippen LogP contribution >= 0.6 is 11.8 Å². The molecule has 0 radical (unpaired) electrons. The van der Waals surface area contributed by atoms with Gasteiger partial charge >= 0.3 is 0 Å². The van der Waals surface area contributed by atoms with Crippen LogP contribution in [0.5, 0.6) is 0 Å². The number of anilines is 2. The van der Waals surface area contributed by atoms with Gasteiger partial charge in [0.25, 0.3) is 0 Å². The third-order valence-electron chi connectivity index (χ3n) is 4.13. The third-order valence-corrected chi connectivity index (χ3v) is 4.13. The van der Waals surface area contributed by atoms with Gasteiger partial charge in [0.15, 0.2) is 5.82 Å². The highest BCUT2D eigenvalue weighted by Crippen LogP contribution is 2.28. The van der Waals surface area contributed by atoms with Crippen LogP contribution in [0.3, 0.4) is 0 Å². The molecule has 1 atom stereocenters. The maximum absolute atomic E-state index is 13.3. The van der Waals surface area contributed by atoms with Gasteiger partial charge in [-0.1, -0.05) is 0 Å². The van der Waals surface area contributed by atoms with Crippen molar-refractivity contribution in [2.24, 2.45) is 0 Å². The molecular formula is C18H23FN6OS. The lowest BCUT2D eigenvalue weighted by Gasteiger charge is -2.35. The number of hydrogen-bond acceptors (Lipinski definition) is 7. The Balaban J connectivity index is 0.000000659. The Hall–Kier alpha value is -2.39. The number of halogens is 1. The maximum atomic E-state index is 13.3. The number of nitrogens with zero attached hydrogens (tertiary/aromatic N) is 4. The highest BCUT2D eigenvalue weighted by Gasteiger charge is 2.25. The second kappa shape index (κ2) is 9.01. The van der Waals surface area contributed by atoms with Crippen LogP contribution in [0.15, 0.2) is 30.6 Å². The molecule has 4 heterocycles. The number of morpholine rings is 1. The Kier molecular flexibility index (Phi) is 6.46. The summed E-state index contributed by atoms with van der Waals surface area (Å²) in [7, 11) is 0. The second-order valence-corrected chi connectivity index (χ2v) is 6.87. The molecule has 1 fully saturated rings. The van der Waals surface area contributed by atoms with Gasteiger partial charge in [0.2, 0.25) is 0 Å². The summed E-state index contributed by atoms with van der Waals surface area (Å²) in [5.41, 5.74) is 7.57. The topological polar surface area (TPSA) is 93.0 Å². The van der Waals surface area contributed by atoms with Crippen molar-refractivity contribution in [1.82, 2.24) is 19.9 Å². The highest BCUT2D eigenvalue weighted by molar-refractivity contribution is 7.97. The summed E-state index contributed by atoms with van der Waals surface area (Å²) in [6.45, 7) is 0.942. The molecule has 3 N–H and O–H groups in total. The van der Waals surface area contributed by atoms with Crippen molar-refractivity contribution < 1.29 is 9.13 Å². The first-order chi connectivity index (χ1) is 13.2. The van der Waals surface area contributed by atoms with Crippen LogP contribution in [0.2, 0.25) is 0 Å². The van der Waals surface area contributed by atoms with Crippen LogP contribution in [-0.2, 0) is 4.74 Å². The predicted octanol–water partition coefficient (Wildman–Crippen LogP) is 2.76. The average Bonchev–Trinajstić information content (AvgIpc) is 3.17. The van der Waals surface area contributed by atoms with Gasteiger partial charge in [-0.25, -0.2) is 19.3 Å². The molecule has 0 aromatic carbocycles. The minimum atomic E-state index is -0.503. The van der Waals surface area contributed by atoms with E-state index in [1.54, 1.807) is 24.0 Å². The number of rotatable bonds is 3. The van der Waals surface area contributed by atoms with Crippen molar-refractivity contribution in [3.8, 4) is 11.4 Å². The molecule has 0 amide bonds. The number of pyridine rings is 1. The predicted molar refractivity (Wildman–Crippen MR) is 109 cm³/mol. The van der Waals surface area contributed by atoms with Crippen molar-refractivity contribution in [3.63, 3.8) is 0 Å². The number of fused-ring (bicyclic) bond motifs is 1. The summed E-state index contributed by atoms with van der Waals surface area (Å²) < 4.78 is 18.6. The smallest absolute Gasteiger partial charge is 0.164 e. The van der Waals surface area contributed by atoms with Gasteiger partial charge in [-0.15, -0.1) is 0 Å². The molecule has 4 rings (SSSR count). The maximum Gasteiger partial charge on any atom is 0.164 e. The minimum Gasteiger partial charge on any atom is -0.384 e. The standard InChI is InChI=1S/C16H17FN6O.C2H6S/c17-8-10-9-24-6-5-23(10)14-7-13(18)21-16(22-14)12-2-4-20-15-11(12)1-3-19-15;1-3-2/h1-4,7,10H,5-6,8-9H2,(H,19,20)(H2,18,21,22);1-2H3. The number of thioether (sulfide) groups is 1. The Labute approximate surface area is 161 Å². The summed E-state index contributed by atoms with van der Waals surface area (Å²) in [5.74, 6) is 1.46. The van der Waals surface area contributed by atoms with E-state index in [-0.39, 0.29) is 6.04 Å². The fraction of sp³-hybridized carbons (Fsp3) is 0.389. The van der Waals surface area contributed by atoms with Crippen LogP contribution in [0.25, 0.3) is 22.4 Å². The molecule has 1 saturated heterocycles. The zero-order chi connectivity index (χ0) is 19.2. The molecule has 0 bridgehead atoms. The zero-order valence-corrected chi connectivity index (χ0v) is 16.2. The number of nitrogens with one attached hydrogen (secondary N) is 1. The average molecular weight is 390 g/mol. The number of alkyl halides is 1. The van der Waals surface area contributed by atoms with E-state index in [1.165, 1.54) is 0 Å². The largest absolute Gasteiger partial charge is 0.384 e. The van der Waals surface area contributed by atoms with E-state index in [1.807, 2.05) is 35.7 Å². The van der Waals surface area contributed by atoms with Gasteiger partial charge in [0.05, 0.1) is 19.3 Å².